The minimum Gasteiger partial charge on any atom is -0.299 e. The van der Waals surface area contributed by atoms with Gasteiger partial charge in [-0.1, -0.05) is 27.2 Å². The van der Waals surface area contributed by atoms with Crippen molar-refractivity contribution >= 4 is 32.0 Å². The molecule has 7 heteroatoms. The van der Waals surface area contributed by atoms with Crippen LogP contribution in [0.4, 0.5) is 0 Å². The van der Waals surface area contributed by atoms with Crippen LogP contribution in [0.2, 0.25) is 0 Å². The third-order valence-corrected chi connectivity index (χ3v) is 13.0. The quantitative estimate of drug-likeness (QED) is 0.595. The monoisotopic (exact) mass is 418 g/mol. The van der Waals surface area contributed by atoms with Crippen LogP contribution in [-0.2, 0) is 23.3 Å². The van der Waals surface area contributed by atoms with E-state index in [4.69, 9.17) is 3.63 Å². The number of hydrogen-bond acceptors (Lipinski definition) is 5. The van der Waals surface area contributed by atoms with Gasteiger partial charge in [0.1, 0.15) is 11.6 Å². The molecule has 0 radical (unpaired) electrons. The van der Waals surface area contributed by atoms with E-state index in [0.29, 0.717) is 30.8 Å². The van der Waals surface area contributed by atoms with Crippen molar-refractivity contribution in [2.24, 2.45) is 16.7 Å². The maximum atomic E-state index is 13.2. The molecule has 0 spiro atoms. The number of Topliss-reactive ketones (excluding diaryl/α,β-unsaturated/α-hetero) is 2. The molecule has 2 saturated carbocycles. The highest BCUT2D eigenvalue weighted by atomic mass is 32.3. The van der Waals surface area contributed by atoms with Gasteiger partial charge in [-0.25, -0.2) is 3.63 Å². The maximum absolute atomic E-state index is 13.2. The molecule has 0 aromatic rings. The standard InChI is InChI=1S/C20H34O5S2/c1-4-8-17(21)14-26(11-6-5-7-12-26)25-27(23,24)15-20-10-9-16(13-18(20)22)19(20,2)3/h16H,4-15H2,1-3H3. The van der Waals surface area contributed by atoms with Gasteiger partial charge in [-0.3, -0.25) is 9.59 Å². The lowest BCUT2D eigenvalue weighted by Gasteiger charge is -2.42. The third kappa shape index (κ3) is 3.88. The van der Waals surface area contributed by atoms with Crippen molar-refractivity contribution in [2.45, 2.75) is 72.1 Å². The van der Waals surface area contributed by atoms with Gasteiger partial charge in [0, 0.05) is 24.3 Å². The first kappa shape index (κ1) is 21.3. The van der Waals surface area contributed by atoms with Crippen molar-refractivity contribution in [3.63, 3.8) is 0 Å². The summed E-state index contributed by atoms with van der Waals surface area (Å²) in [6.45, 7) is 6.04. The van der Waals surface area contributed by atoms with Crippen LogP contribution in [0.25, 0.3) is 0 Å². The number of carbonyl (C=O) groups excluding carboxylic acids is 2. The highest BCUT2D eigenvalue weighted by Crippen LogP contribution is 2.65. The summed E-state index contributed by atoms with van der Waals surface area (Å²) in [6.07, 6.45) is 6.21. The minimum atomic E-state index is -3.87. The first-order valence-corrected chi connectivity index (χ1v) is 14.0. The first-order valence-electron chi connectivity index (χ1n) is 10.3. The number of carbonyl (C=O) groups is 2. The lowest BCUT2D eigenvalue weighted by atomic mass is 9.70. The highest BCUT2D eigenvalue weighted by molar-refractivity contribution is 8.33. The van der Waals surface area contributed by atoms with E-state index in [1.807, 2.05) is 20.8 Å². The molecule has 0 aromatic carbocycles. The number of fused-ring (bicyclic) bond motifs is 2. The molecule has 2 aliphatic carbocycles. The molecule has 3 rings (SSSR count). The van der Waals surface area contributed by atoms with E-state index in [2.05, 4.69) is 0 Å². The van der Waals surface area contributed by atoms with Crippen LogP contribution in [0, 0.1) is 16.7 Å². The summed E-state index contributed by atoms with van der Waals surface area (Å²) in [5.74, 6) is 1.91. The molecule has 3 fully saturated rings. The number of ketones is 2. The normalized spacial score (nSPS) is 33.1. The van der Waals surface area contributed by atoms with Crippen molar-refractivity contribution in [1.29, 1.82) is 0 Å². The Balaban J connectivity index is 1.81. The third-order valence-electron chi connectivity index (χ3n) is 7.30. The Morgan fingerprint density at radius 3 is 2.41 bits per heavy atom. The van der Waals surface area contributed by atoms with Crippen LogP contribution < -0.4 is 0 Å². The molecule has 2 atom stereocenters. The summed E-state index contributed by atoms with van der Waals surface area (Å²) >= 11 is 0. The molecule has 1 saturated heterocycles. The zero-order valence-electron chi connectivity index (χ0n) is 16.9. The second-order valence-electron chi connectivity index (χ2n) is 9.30. The Bertz CT molecular complexity index is 706. The molecule has 1 aliphatic heterocycles. The molecular formula is C20H34O5S2. The van der Waals surface area contributed by atoms with Gasteiger partial charge in [0.05, 0.1) is 16.9 Å². The van der Waals surface area contributed by atoms with E-state index < -0.39 is 25.8 Å². The summed E-state index contributed by atoms with van der Waals surface area (Å²) in [7, 11) is -5.81. The van der Waals surface area contributed by atoms with Gasteiger partial charge in [-0.05, 0) is 43.4 Å². The Morgan fingerprint density at radius 1 is 1.22 bits per heavy atom. The fourth-order valence-corrected chi connectivity index (χ4v) is 12.2. The predicted octanol–water partition coefficient (Wildman–Crippen LogP) is 4.00. The molecule has 3 aliphatic rings. The van der Waals surface area contributed by atoms with Gasteiger partial charge in [-0.2, -0.15) is 8.42 Å². The van der Waals surface area contributed by atoms with Crippen LogP contribution in [0.15, 0.2) is 0 Å². The Kier molecular flexibility index (Phi) is 5.88. The Morgan fingerprint density at radius 2 is 1.89 bits per heavy atom. The van der Waals surface area contributed by atoms with Crippen molar-refractivity contribution in [2.75, 3.05) is 23.0 Å². The molecule has 0 aromatic heterocycles. The molecule has 156 valence electrons. The zero-order chi connectivity index (χ0) is 19.9. The second-order valence-corrected chi connectivity index (χ2v) is 14.3. The fraction of sp³-hybridized carbons (Fsp3) is 0.900. The van der Waals surface area contributed by atoms with E-state index in [1.165, 1.54) is 0 Å². The number of hydrogen-bond donors (Lipinski definition) is 0. The van der Waals surface area contributed by atoms with E-state index in [1.54, 1.807) is 0 Å². The largest absolute Gasteiger partial charge is 0.299 e. The van der Waals surface area contributed by atoms with Gasteiger partial charge in [0.2, 0.25) is 0 Å². The molecule has 27 heavy (non-hydrogen) atoms. The van der Waals surface area contributed by atoms with Crippen molar-refractivity contribution in [3.8, 4) is 0 Å². The molecule has 1 heterocycles. The maximum Gasteiger partial charge on any atom is 0.277 e. The molecular weight excluding hydrogens is 384 g/mol. The lowest BCUT2D eigenvalue weighted by Crippen LogP contribution is -2.43. The van der Waals surface area contributed by atoms with E-state index in [9.17, 15) is 18.0 Å². The lowest BCUT2D eigenvalue weighted by molar-refractivity contribution is -0.128. The topological polar surface area (TPSA) is 77.5 Å². The van der Waals surface area contributed by atoms with Crippen molar-refractivity contribution in [1.82, 2.24) is 0 Å². The number of rotatable bonds is 8. The van der Waals surface area contributed by atoms with Gasteiger partial charge in [-0.15, -0.1) is 10.3 Å². The molecule has 0 N–H and O–H groups in total. The average Bonchev–Trinajstić information content (AvgIpc) is 2.88. The van der Waals surface area contributed by atoms with E-state index in [-0.39, 0.29) is 34.4 Å². The van der Waals surface area contributed by atoms with Crippen molar-refractivity contribution < 1.29 is 21.6 Å². The van der Waals surface area contributed by atoms with Gasteiger partial charge in [0.15, 0.2) is 0 Å². The van der Waals surface area contributed by atoms with Crippen molar-refractivity contribution in [3.05, 3.63) is 0 Å². The Hall–Kier alpha value is -0.400. The first-order chi connectivity index (χ1) is 12.6. The summed E-state index contributed by atoms with van der Waals surface area (Å²) < 4.78 is 32.2. The predicted molar refractivity (Wildman–Crippen MR) is 109 cm³/mol. The van der Waals surface area contributed by atoms with Gasteiger partial charge >= 0.3 is 0 Å². The van der Waals surface area contributed by atoms with Crippen LogP contribution in [0.5, 0.6) is 0 Å². The van der Waals surface area contributed by atoms with E-state index >= 15 is 0 Å². The molecule has 0 amide bonds. The summed E-state index contributed by atoms with van der Waals surface area (Å²) in [4.78, 5) is 25.0. The smallest absolute Gasteiger partial charge is 0.277 e. The summed E-state index contributed by atoms with van der Waals surface area (Å²) in [6, 6.07) is 0. The van der Waals surface area contributed by atoms with Crippen LogP contribution >= 0.6 is 10.3 Å². The molecule has 5 nitrogen and oxygen atoms in total. The molecule has 2 unspecified atom stereocenters. The molecule has 2 bridgehead atoms. The van der Waals surface area contributed by atoms with Gasteiger partial charge < -0.3 is 0 Å². The van der Waals surface area contributed by atoms with Crippen LogP contribution in [0.3, 0.4) is 0 Å². The van der Waals surface area contributed by atoms with E-state index in [0.717, 1.165) is 32.1 Å². The van der Waals surface area contributed by atoms with Crippen LogP contribution in [0.1, 0.15) is 72.1 Å². The fourth-order valence-electron chi connectivity index (χ4n) is 5.54. The summed E-state index contributed by atoms with van der Waals surface area (Å²) in [5, 5.41) is 0. The highest BCUT2D eigenvalue weighted by Gasteiger charge is 2.65. The van der Waals surface area contributed by atoms with Crippen LogP contribution in [-0.4, -0.2) is 43.0 Å². The average molecular weight is 419 g/mol. The Labute approximate surface area is 165 Å². The summed E-state index contributed by atoms with van der Waals surface area (Å²) in [5.41, 5.74) is -1.10. The zero-order valence-corrected chi connectivity index (χ0v) is 18.6. The minimum absolute atomic E-state index is 0.0886. The SMILES string of the molecule is CCCC(=O)CS1(OS(=O)(=O)CC23CCC(CC2=O)C3(C)C)CCCCC1. The van der Waals surface area contributed by atoms with Gasteiger partial charge in [0.25, 0.3) is 10.1 Å². The second kappa shape index (κ2) is 7.45.